The number of nitrogen functional groups attached to an aromatic ring is 1. The van der Waals surface area contributed by atoms with E-state index in [2.05, 4.69) is 15.7 Å². The molecule has 4 N–H and O–H groups in total. The molecule has 0 aliphatic rings. The van der Waals surface area contributed by atoms with Gasteiger partial charge in [0.1, 0.15) is 11.5 Å². The Labute approximate surface area is 104 Å². The van der Waals surface area contributed by atoms with Crippen molar-refractivity contribution in [3.63, 3.8) is 0 Å². The van der Waals surface area contributed by atoms with Crippen LogP contribution in [0.4, 0.5) is 5.82 Å². The van der Waals surface area contributed by atoms with Crippen molar-refractivity contribution in [2.24, 2.45) is 5.84 Å². The Morgan fingerprint density at radius 2 is 2.35 bits per heavy atom. The van der Waals surface area contributed by atoms with Crippen LogP contribution >= 0.6 is 11.6 Å². The van der Waals surface area contributed by atoms with Crippen molar-refractivity contribution in [3.05, 3.63) is 22.8 Å². The number of methoxy groups -OCH3 is 1. The van der Waals surface area contributed by atoms with Gasteiger partial charge in [0.25, 0.3) is 5.91 Å². The van der Waals surface area contributed by atoms with Crippen LogP contribution in [-0.4, -0.2) is 30.6 Å². The molecule has 0 bridgehead atoms. The average Bonchev–Trinajstić information content (AvgIpc) is 2.29. The van der Waals surface area contributed by atoms with Gasteiger partial charge in [-0.2, -0.15) is 0 Å². The Balaban J connectivity index is 2.80. The molecule has 0 aromatic carbocycles. The van der Waals surface area contributed by atoms with E-state index in [1.165, 1.54) is 0 Å². The first-order chi connectivity index (χ1) is 8.08. The number of halogens is 1. The molecule has 0 spiro atoms. The van der Waals surface area contributed by atoms with Crippen molar-refractivity contribution >= 4 is 23.3 Å². The van der Waals surface area contributed by atoms with Crippen LogP contribution < -0.4 is 16.6 Å². The number of ether oxygens (including phenoxy) is 1. The smallest absolute Gasteiger partial charge is 0.271 e. The second-order valence-electron chi connectivity index (χ2n) is 3.50. The molecular weight excluding hydrogens is 244 g/mol. The number of anilines is 1. The molecule has 1 amide bonds. The Kier molecular flexibility index (Phi) is 5.14. The quantitative estimate of drug-likeness (QED) is 0.537. The number of nitrogens with zero attached hydrogens (tertiary/aromatic N) is 1. The topological polar surface area (TPSA) is 89.3 Å². The first-order valence-corrected chi connectivity index (χ1v) is 5.39. The van der Waals surface area contributed by atoms with Crippen molar-refractivity contribution in [1.29, 1.82) is 0 Å². The summed E-state index contributed by atoms with van der Waals surface area (Å²) in [6, 6.07) is 3.01. The van der Waals surface area contributed by atoms with E-state index < -0.39 is 0 Å². The molecule has 0 saturated heterocycles. The van der Waals surface area contributed by atoms with E-state index in [0.29, 0.717) is 12.4 Å². The van der Waals surface area contributed by atoms with Gasteiger partial charge in [-0.15, -0.1) is 0 Å². The fourth-order valence-electron chi connectivity index (χ4n) is 1.27. The molecule has 7 heteroatoms. The van der Waals surface area contributed by atoms with Crippen LogP contribution in [0.1, 0.15) is 17.4 Å². The molecule has 6 nitrogen and oxygen atoms in total. The zero-order chi connectivity index (χ0) is 12.8. The van der Waals surface area contributed by atoms with Gasteiger partial charge < -0.3 is 15.5 Å². The maximum atomic E-state index is 11.8. The third-order valence-corrected chi connectivity index (χ3v) is 2.31. The van der Waals surface area contributed by atoms with Gasteiger partial charge in [-0.05, 0) is 19.1 Å². The summed E-state index contributed by atoms with van der Waals surface area (Å²) in [5.74, 6) is 5.22. The molecule has 1 atom stereocenters. The van der Waals surface area contributed by atoms with Gasteiger partial charge in [-0.1, -0.05) is 11.6 Å². The number of hydrogen-bond donors (Lipinski definition) is 3. The average molecular weight is 259 g/mol. The first-order valence-electron chi connectivity index (χ1n) is 5.01. The Morgan fingerprint density at radius 3 is 2.94 bits per heavy atom. The van der Waals surface area contributed by atoms with Crippen molar-refractivity contribution in [2.75, 3.05) is 19.1 Å². The zero-order valence-corrected chi connectivity index (χ0v) is 10.4. The number of hydrogen-bond acceptors (Lipinski definition) is 5. The van der Waals surface area contributed by atoms with E-state index in [1.54, 1.807) is 19.2 Å². The van der Waals surface area contributed by atoms with E-state index in [-0.39, 0.29) is 22.7 Å². The molecule has 0 saturated carbocycles. The molecule has 1 aromatic heterocycles. The number of rotatable bonds is 5. The third kappa shape index (κ3) is 3.85. The molecule has 1 heterocycles. The minimum absolute atomic E-state index is 0.125. The molecule has 0 radical (unpaired) electrons. The summed E-state index contributed by atoms with van der Waals surface area (Å²) in [6.07, 6.45) is 0. The highest BCUT2D eigenvalue weighted by Gasteiger charge is 2.15. The van der Waals surface area contributed by atoms with Crippen LogP contribution in [0.15, 0.2) is 12.1 Å². The SMILES string of the molecule is COCC(C)NC(=O)c1nc(NN)ccc1Cl. The number of nitrogens with two attached hydrogens (primary N) is 1. The van der Waals surface area contributed by atoms with Crippen molar-refractivity contribution in [3.8, 4) is 0 Å². The summed E-state index contributed by atoms with van der Waals surface area (Å²) in [7, 11) is 1.56. The van der Waals surface area contributed by atoms with Crippen molar-refractivity contribution in [1.82, 2.24) is 10.3 Å². The number of nitrogens with one attached hydrogen (secondary N) is 2. The third-order valence-electron chi connectivity index (χ3n) is 2.00. The molecule has 17 heavy (non-hydrogen) atoms. The maximum absolute atomic E-state index is 11.8. The lowest BCUT2D eigenvalue weighted by Gasteiger charge is -2.13. The number of pyridine rings is 1. The van der Waals surface area contributed by atoms with E-state index in [1.807, 2.05) is 6.92 Å². The van der Waals surface area contributed by atoms with Crippen LogP contribution in [0.5, 0.6) is 0 Å². The van der Waals surface area contributed by atoms with E-state index in [9.17, 15) is 4.79 Å². The van der Waals surface area contributed by atoms with Gasteiger partial charge in [0.05, 0.1) is 11.6 Å². The van der Waals surface area contributed by atoms with Gasteiger partial charge in [-0.3, -0.25) is 4.79 Å². The highest BCUT2D eigenvalue weighted by molar-refractivity contribution is 6.33. The summed E-state index contributed by atoms with van der Waals surface area (Å²) >= 11 is 5.89. The normalized spacial score (nSPS) is 12.0. The van der Waals surface area contributed by atoms with E-state index >= 15 is 0 Å². The summed E-state index contributed by atoms with van der Waals surface area (Å²) in [5, 5.41) is 2.98. The first kappa shape index (κ1) is 13.7. The Morgan fingerprint density at radius 1 is 1.65 bits per heavy atom. The molecule has 1 rings (SSSR count). The van der Waals surface area contributed by atoms with Gasteiger partial charge in [0.2, 0.25) is 0 Å². The maximum Gasteiger partial charge on any atom is 0.271 e. The summed E-state index contributed by atoms with van der Waals surface area (Å²) in [6.45, 7) is 2.23. The molecule has 1 aromatic rings. The predicted octanol–water partition coefficient (Wildman–Crippen LogP) is 0.785. The van der Waals surface area contributed by atoms with E-state index in [4.69, 9.17) is 22.2 Å². The van der Waals surface area contributed by atoms with Crippen LogP contribution in [0.25, 0.3) is 0 Å². The summed E-state index contributed by atoms with van der Waals surface area (Å²) in [4.78, 5) is 15.8. The monoisotopic (exact) mass is 258 g/mol. The fourth-order valence-corrected chi connectivity index (χ4v) is 1.46. The highest BCUT2D eigenvalue weighted by atomic mass is 35.5. The summed E-state index contributed by atoms with van der Waals surface area (Å²) in [5.41, 5.74) is 2.48. The fraction of sp³-hybridized carbons (Fsp3) is 0.400. The largest absolute Gasteiger partial charge is 0.383 e. The number of hydrazine groups is 1. The molecule has 0 fully saturated rings. The van der Waals surface area contributed by atoms with Gasteiger partial charge in [-0.25, -0.2) is 10.8 Å². The Bertz CT molecular complexity index is 400. The van der Waals surface area contributed by atoms with Crippen molar-refractivity contribution in [2.45, 2.75) is 13.0 Å². The van der Waals surface area contributed by atoms with Crippen LogP contribution in [0, 0.1) is 0 Å². The molecule has 0 aliphatic heterocycles. The number of amides is 1. The number of carbonyl (C=O) groups is 1. The second-order valence-corrected chi connectivity index (χ2v) is 3.91. The molecule has 94 valence electrons. The predicted molar refractivity (Wildman–Crippen MR) is 65.9 cm³/mol. The van der Waals surface area contributed by atoms with Gasteiger partial charge >= 0.3 is 0 Å². The van der Waals surface area contributed by atoms with Crippen LogP contribution in [-0.2, 0) is 4.74 Å². The second kappa shape index (κ2) is 6.39. The number of carbonyl (C=O) groups excluding carboxylic acids is 1. The zero-order valence-electron chi connectivity index (χ0n) is 9.66. The van der Waals surface area contributed by atoms with E-state index in [0.717, 1.165) is 0 Å². The minimum atomic E-state index is -0.364. The molecule has 0 aliphatic carbocycles. The standard InChI is InChI=1S/C10H15ClN4O2/c1-6(5-17-2)13-10(16)9-7(11)3-4-8(14-9)15-12/h3-4,6H,5,12H2,1-2H3,(H,13,16)(H,14,15). The lowest BCUT2D eigenvalue weighted by Crippen LogP contribution is -2.36. The van der Waals surface area contributed by atoms with Gasteiger partial charge in [0.15, 0.2) is 0 Å². The highest BCUT2D eigenvalue weighted by Crippen LogP contribution is 2.16. The number of aromatic nitrogens is 1. The lowest BCUT2D eigenvalue weighted by molar-refractivity contribution is 0.0901. The minimum Gasteiger partial charge on any atom is -0.383 e. The summed E-state index contributed by atoms with van der Waals surface area (Å²) < 4.78 is 4.92. The molecule has 1 unspecified atom stereocenters. The van der Waals surface area contributed by atoms with Crippen molar-refractivity contribution < 1.29 is 9.53 Å². The van der Waals surface area contributed by atoms with Crippen LogP contribution in [0.3, 0.4) is 0 Å². The molecular formula is C10H15ClN4O2. The van der Waals surface area contributed by atoms with Gasteiger partial charge in [0, 0.05) is 13.2 Å². The van der Waals surface area contributed by atoms with Crippen LogP contribution in [0.2, 0.25) is 5.02 Å². The lowest BCUT2D eigenvalue weighted by atomic mass is 10.3. The Hall–Kier alpha value is -1.37.